The fraction of sp³-hybridized carbons (Fsp3) is 0.396. The van der Waals surface area contributed by atoms with Crippen molar-refractivity contribution in [3.8, 4) is 22.7 Å². The zero-order chi connectivity index (χ0) is 39.3. The van der Waals surface area contributed by atoms with Crippen molar-refractivity contribution in [3.05, 3.63) is 138 Å². The molecule has 1 saturated heterocycles. The second-order valence-corrected chi connectivity index (χ2v) is 16.1. The van der Waals surface area contributed by atoms with Gasteiger partial charge < -0.3 is 14.4 Å². The summed E-state index contributed by atoms with van der Waals surface area (Å²) in [6.45, 7) is 7.35. The lowest BCUT2D eigenvalue weighted by Crippen LogP contribution is -2.42. The van der Waals surface area contributed by atoms with Crippen molar-refractivity contribution < 1.29 is 23.5 Å². The number of benzene rings is 4. The number of ether oxygens (including phenoxy) is 2. The van der Waals surface area contributed by atoms with Crippen molar-refractivity contribution in [2.45, 2.75) is 90.6 Å². The van der Waals surface area contributed by atoms with Crippen molar-refractivity contribution >= 4 is 11.9 Å². The van der Waals surface area contributed by atoms with E-state index in [9.17, 15) is 14.0 Å². The van der Waals surface area contributed by atoms with Crippen molar-refractivity contribution in [1.82, 2.24) is 14.7 Å². The van der Waals surface area contributed by atoms with E-state index in [4.69, 9.17) is 14.6 Å². The number of carbonyl (C=O) groups excluding carboxylic acids is 2. The summed E-state index contributed by atoms with van der Waals surface area (Å²) >= 11 is 0. The van der Waals surface area contributed by atoms with Crippen LogP contribution in [0.4, 0.5) is 9.18 Å². The minimum absolute atomic E-state index is 0.0292. The van der Waals surface area contributed by atoms with Crippen LogP contribution in [0.25, 0.3) is 16.9 Å². The summed E-state index contributed by atoms with van der Waals surface area (Å²) in [5, 5.41) is 4.77. The van der Waals surface area contributed by atoms with Gasteiger partial charge in [0.15, 0.2) is 5.78 Å². The maximum absolute atomic E-state index is 14.4. The van der Waals surface area contributed by atoms with Crippen LogP contribution in [0.3, 0.4) is 0 Å². The van der Waals surface area contributed by atoms with Crippen LogP contribution in [-0.4, -0.2) is 51.9 Å². The van der Waals surface area contributed by atoms with Crippen molar-refractivity contribution in [2.75, 3.05) is 19.7 Å². The van der Waals surface area contributed by atoms with Gasteiger partial charge in [0.25, 0.3) is 0 Å². The number of aromatic nitrogens is 2. The molecule has 0 radical (unpaired) electrons. The molecule has 0 N–H and O–H groups in total. The molecule has 7 nitrogen and oxygen atoms in total. The monoisotopic (exact) mass is 757 g/mol. The lowest BCUT2D eigenvalue weighted by Gasteiger charge is -2.34. The highest BCUT2D eigenvalue weighted by atomic mass is 19.1. The molecule has 0 spiro atoms. The summed E-state index contributed by atoms with van der Waals surface area (Å²) in [7, 11) is 0. The Bertz CT molecular complexity index is 1990. The summed E-state index contributed by atoms with van der Waals surface area (Å²) in [5.74, 6) is 0.576. The molecular formula is C48H56FN3O4. The van der Waals surface area contributed by atoms with Crippen LogP contribution in [0.2, 0.25) is 0 Å². The number of unbranched alkanes of at least 4 members (excludes halogenated alkanes) is 3. The first-order chi connectivity index (χ1) is 27.1. The number of ketones is 1. The number of hydrogen-bond acceptors (Lipinski definition) is 5. The predicted octanol–water partition coefficient (Wildman–Crippen LogP) is 11.3. The summed E-state index contributed by atoms with van der Waals surface area (Å²) in [5.41, 5.74) is 4.50. The Kier molecular flexibility index (Phi) is 14.1. The Balaban J connectivity index is 1.17. The zero-order valence-electron chi connectivity index (χ0n) is 33.2. The first kappa shape index (κ1) is 40.4. The van der Waals surface area contributed by atoms with Crippen molar-refractivity contribution in [1.29, 1.82) is 0 Å². The number of amides is 1. The molecule has 2 heterocycles. The van der Waals surface area contributed by atoms with Crippen molar-refractivity contribution in [2.24, 2.45) is 11.8 Å². The average Bonchev–Trinajstić information content (AvgIpc) is 3.62. The Morgan fingerprint density at radius 2 is 1.43 bits per heavy atom. The van der Waals surface area contributed by atoms with Crippen LogP contribution >= 0.6 is 0 Å². The molecule has 0 bridgehead atoms. The molecule has 56 heavy (non-hydrogen) atoms. The molecule has 5 aromatic rings. The van der Waals surface area contributed by atoms with E-state index >= 15 is 0 Å². The second kappa shape index (κ2) is 19.6. The lowest BCUT2D eigenvalue weighted by molar-refractivity contribution is 0.0185. The van der Waals surface area contributed by atoms with E-state index in [0.29, 0.717) is 55.1 Å². The van der Waals surface area contributed by atoms with Gasteiger partial charge in [0, 0.05) is 25.1 Å². The molecule has 1 amide bonds. The van der Waals surface area contributed by atoms with Gasteiger partial charge in [-0.05, 0) is 125 Å². The third-order valence-corrected chi connectivity index (χ3v) is 10.5. The molecule has 1 fully saturated rings. The zero-order valence-corrected chi connectivity index (χ0v) is 33.2. The minimum Gasteiger partial charge on any atom is -0.491 e. The first-order valence-corrected chi connectivity index (χ1v) is 20.3. The SMILES string of the molecule is CC(C)(C)OC(=O)N1CCC(CC(=O)c2cnn(-c3ccccc3OCCCCCCc3ccccc3)c2-c2ccc(F)cc2)CCC(Cc2ccccc2)C1. The standard InChI is InChI=1S/C48H56FN3O4/c1-48(2,3)56-47(54)51-30-29-38(23-24-39(35-51)32-37-19-11-7-12-20-37)33-44(53)42-34-50-52(46(42)40-25-27-41(49)28-26-40)43-21-13-14-22-45(43)55-31-15-5-4-8-16-36-17-9-6-10-18-36/h6-7,9-14,17-22,25-28,34,38-39H,4-5,8,15-16,23-24,29-33,35H2,1-3H3. The molecule has 2 unspecified atom stereocenters. The second-order valence-electron chi connectivity index (χ2n) is 16.1. The molecular weight excluding hydrogens is 702 g/mol. The number of Topliss-reactive ketones (excluding diaryl/α,β-unsaturated/α-hetero) is 1. The quantitative estimate of drug-likeness (QED) is 0.0785. The molecule has 2 atom stereocenters. The summed E-state index contributed by atoms with van der Waals surface area (Å²) in [6.07, 6.45) is 10.3. The number of para-hydroxylation sites is 2. The van der Waals surface area contributed by atoms with Gasteiger partial charge in [0.1, 0.15) is 22.9 Å². The number of halogens is 1. The van der Waals surface area contributed by atoms with Crippen LogP contribution in [0.1, 0.15) is 93.6 Å². The minimum atomic E-state index is -0.604. The topological polar surface area (TPSA) is 73.7 Å². The van der Waals surface area contributed by atoms with Crippen LogP contribution < -0.4 is 4.74 Å². The lowest BCUT2D eigenvalue weighted by atomic mass is 9.84. The normalized spacial score (nSPS) is 16.2. The van der Waals surface area contributed by atoms with Crippen molar-refractivity contribution in [3.63, 3.8) is 0 Å². The van der Waals surface area contributed by atoms with E-state index in [-0.39, 0.29) is 29.5 Å². The fourth-order valence-electron chi connectivity index (χ4n) is 7.62. The van der Waals surface area contributed by atoms with Crippen LogP contribution in [0.5, 0.6) is 5.75 Å². The summed E-state index contributed by atoms with van der Waals surface area (Å²) in [4.78, 5) is 29.6. The van der Waals surface area contributed by atoms with Gasteiger partial charge in [-0.1, -0.05) is 85.6 Å². The molecule has 6 rings (SSSR count). The van der Waals surface area contributed by atoms with Gasteiger partial charge in [-0.2, -0.15) is 5.10 Å². The number of likely N-dealkylation sites (tertiary alicyclic amines) is 1. The Morgan fingerprint density at radius 3 is 2.16 bits per heavy atom. The fourth-order valence-corrected chi connectivity index (χ4v) is 7.62. The number of hydrogen-bond donors (Lipinski definition) is 0. The summed E-state index contributed by atoms with van der Waals surface area (Å²) in [6, 6.07) is 34.9. The van der Waals surface area contributed by atoms with E-state index in [1.165, 1.54) is 23.3 Å². The average molecular weight is 758 g/mol. The molecule has 8 heteroatoms. The van der Waals surface area contributed by atoms with E-state index in [0.717, 1.165) is 57.1 Å². The van der Waals surface area contributed by atoms with Crippen LogP contribution in [-0.2, 0) is 17.6 Å². The molecule has 0 saturated carbocycles. The van der Waals surface area contributed by atoms with E-state index < -0.39 is 5.60 Å². The third kappa shape index (κ3) is 11.6. The van der Waals surface area contributed by atoms with Gasteiger partial charge in [0.05, 0.1) is 24.1 Å². The largest absolute Gasteiger partial charge is 0.491 e. The van der Waals surface area contributed by atoms with Gasteiger partial charge >= 0.3 is 6.09 Å². The Labute approximate surface area is 331 Å². The maximum atomic E-state index is 14.4. The highest BCUT2D eigenvalue weighted by Gasteiger charge is 2.30. The van der Waals surface area contributed by atoms with Gasteiger partial charge in [-0.3, -0.25) is 4.79 Å². The molecule has 1 aliphatic heterocycles. The molecule has 1 aliphatic rings. The molecule has 1 aromatic heterocycles. The van der Waals surface area contributed by atoms with E-state index in [2.05, 4.69) is 36.4 Å². The predicted molar refractivity (Wildman–Crippen MR) is 221 cm³/mol. The maximum Gasteiger partial charge on any atom is 0.410 e. The molecule has 4 aromatic carbocycles. The number of aryl methyl sites for hydroxylation is 1. The Morgan fingerprint density at radius 1 is 0.768 bits per heavy atom. The summed E-state index contributed by atoms with van der Waals surface area (Å²) < 4.78 is 28.1. The number of nitrogens with zero attached hydrogens (tertiary/aromatic N) is 3. The Hall–Kier alpha value is -5.24. The first-order valence-electron chi connectivity index (χ1n) is 20.3. The molecule has 294 valence electrons. The highest BCUT2D eigenvalue weighted by Crippen LogP contribution is 2.34. The van der Waals surface area contributed by atoms with E-state index in [1.807, 2.05) is 74.2 Å². The number of rotatable bonds is 15. The van der Waals surface area contributed by atoms with Gasteiger partial charge in [-0.15, -0.1) is 0 Å². The van der Waals surface area contributed by atoms with Gasteiger partial charge in [-0.25, -0.2) is 13.9 Å². The van der Waals surface area contributed by atoms with Crippen LogP contribution in [0, 0.1) is 17.7 Å². The molecule has 0 aliphatic carbocycles. The number of carbonyl (C=O) groups is 2. The third-order valence-electron chi connectivity index (χ3n) is 10.5. The van der Waals surface area contributed by atoms with Gasteiger partial charge in [0.2, 0.25) is 0 Å². The van der Waals surface area contributed by atoms with E-state index in [1.54, 1.807) is 23.0 Å². The van der Waals surface area contributed by atoms with Crippen LogP contribution in [0.15, 0.2) is 115 Å². The smallest absolute Gasteiger partial charge is 0.410 e. The highest BCUT2D eigenvalue weighted by molar-refractivity contribution is 6.02.